The molecule has 0 aliphatic carbocycles. The fraction of sp³-hybridized carbons (Fsp3) is 0.500. The van der Waals surface area contributed by atoms with Gasteiger partial charge in [-0.05, 0) is 6.08 Å². The van der Waals surface area contributed by atoms with Gasteiger partial charge in [0.15, 0.2) is 6.73 Å². The fourth-order valence-electron chi connectivity index (χ4n) is 0.895. The zero-order valence-electron chi connectivity index (χ0n) is 7.08. The SMILES string of the molecule is C=C1N(C)C/C=C\OCN1C. The van der Waals surface area contributed by atoms with Gasteiger partial charge in [0.2, 0.25) is 0 Å². The van der Waals surface area contributed by atoms with Crippen LogP contribution in [0.25, 0.3) is 0 Å². The first kappa shape index (κ1) is 7.98. The summed E-state index contributed by atoms with van der Waals surface area (Å²) in [6.45, 7) is 5.34. The molecule has 0 spiro atoms. The number of rotatable bonds is 0. The molecule has 0 aromatic rings. The van der Waals surface area contributed by atoms with Gasteiger partial charge >= 0.3 is 0 Å². The average Bonchev–Trinajstić information content (AvgIpc) is 2.00. The van der Waals surface area contributed by atoms with E-state index in [1.54, 1.807) is 6.26 Å². The Kier molecular flexibility index (Phi) is 2.41. The molecule has 62 valence electrons. The number of nitrogens with zero attached hydrogens (tertiary/aromatic N) is 2. The summed E-state index contributed by atoms with van der Waals surface area (Å²) < 4.78 is 5.16. The second-order valence-electron chi connectivity index (χ2n) is 2.66. The van der Waals surface area contributed by atoms with Crippen LogP contribution >= 0.6 is 0 Å². The first-order chi connectivity index (χ1) is 5.22. The van der Waals surface area contributed by atoms with Gasteiger partial charge in [-0.2, -0.15) is 0 Å². The van der Waals surface area contributed by atoms with Crippen LogP contribution in [0, 0.1) is 0 Å². The maximum Gasteiger partial charge on any atom is 0.161 e. The van der Waals surface area contributed by atoms with E-state index in [0.29, 0.717) is 6.73 Å². The minimum absolute atomic E-state index is 0.569. The molecule has 1 rings (SSSR count). The molecule has 0 amide bonds. The van der Waals surface area contributed by atoms with Crippen LogP contribution in [0.3, 0.4) is 0 Å². The molecule has 0 radical (unpaired) electrons. The Hall–Kier alpha value is -1.12. The van der Waals surface area contributed by atoms with Crippen molar-refractivity contribution in [2.24, 2.45) is 0 Å². The van der Waals surface area contributed by atoms with Crippen molar-refractivity contribution in [3.63, 3.8) is 0 Å². The van der Waals surface area contributed by atoms with Gasteiger partial charge in [0.1, 0.15) is 0 Å². The smallest absolute Gasteiger partial charge is 0.161 e. The van der Waals surface area contributed by atoms with Gasteiger partial charge in [-0.3, -0.25) is 0 Å². The predicted molar refractivity (Wildman–Crippen MR) is 44.6 cm³/mol. The molecule has 11 heavy (non-hydrogen) atoms. The summed E-state index contributed by atoms with van der Waals surface area (Å²) in [5, 5.41) is 0. The minimum Gasteiger partial charge on any atom is -0.481 e. The van der Waals surface area contributed by atoms with Gasteiger partial charge in [0, 0.05) is 20.6 Å². The maximum absolute atomic E-state index is 5.16. The lowest BCUT2D eigenvalue weighted by Crippen LogP contribution is -2.32. The molecule has 1 aliphatic heterocycles. The molecule has 0 saturated heterocycles. The highest BCUT2D eigenvalue weighted by Crippen LogP contribution is 2.05. The van der Waals surface area contributed by atoms with E-state index >= 15 is 0 Å². The lowest BCUT2D eigenvalue weighted by atomic mass is 10.5. The van der Waals surface area contributed by atoms with Crippen molar-refractivity contribution in [3.8, 4) is 0 Å². The highest BCUT2D eigenvalue weighted by Gasteiger charge is 2.07. The van der Waals surface area contributed by atoms with Crippen LogP contribution in [0.5, 0.6) is 0 Å². The number of hydrogen-bond acceptors (Lipinski definition) is 3. The van der Waals surface area contributed by atoms with Crippen molar-refractivity contribution in [3.05, 3.63) is 24.7 Å². The van der Waals surface area contributed by atoms with E-state index in [0.717, 1.165) is 12.4 Å². The molecule has 3 heteroatoms. The molecule has 0 unspecified atom stereocenters. The van der Waals surface area contributed by atoms with E-state index in [2.05, 4.69) is 11.5 Å². The standard InChI is InChI=1S/C8H14N2O/c1-8-9(2)5-4-6-11-7-10(8)3/h4,6H,1,5,7H2,2-3H3/b6-4-. The van der Waals surface area contributed by atoms with Crippen molar-refractivity contribution in [2.75, 3.05) is 27.4 Å². The maximum atomic E-state index is 5.16. The van der Waals surface area contributed by atoms with E-state index in [-0.39, 0.29) is 0 Å². The summed E-state index contributed by atoms with van der Waals surface area (Å²) in [4.78, 5) is 4.03. The summed E-state index contributed by atoms with van der Waals surface area (Å²) in [5.74, 6) is 0.981. The molecule has 0 saturated carbocycles. The van der Waals surface area contributed by atoms with Gasteiger partial charge in [0.05, 0.1) is 12.1 Å². The Balaban J connectivity index is 2.62. The van der Waals surface area contributed by atoms with E-state index in [1.807, 2.05) is 25.1 Å². The Labute approximate surface area is 67.5 Å². The summed E-state index contributed by atoms with van der Waals surface area (Å²) >= 11 is 0. The largest absolute Gasteiger partial charge is 0.481 e. The average molecular weight is 154 g/mol. The van der Waals surface area contributed by atoms with E-state index in [9.17, 15) is 0 Å². The third-order valence-electron chi connectivity index (χ3n) is 1.72. The van der Waals surface area contributed by atoms with Crippen molar-refractivity contribution in [1.29, 1.82) is 0 Å². The van der Waals surface area contributed by atoms with Crippen molar-refractivity contribution >= 4 is 0 Å². The molecule has 0 aromatic heterocycles. The van der Waals surface area contributed by atoms with Crippen LogP contribution in [0.2, 0.25) is 0 Å². The summed E-state index contributed by atoms with van der Waals surface area (Å²) in [6, 6.07) is 0. The molecule has 0 bridgehead atoms. The molecule has 1 heterocycles. The van der Waals surface area contributed by atoms with E-state index in [4.69, 9.17) is 4.74 Å². The Morgan fingerprint density at radius 2 is 2.18 bits per heavy atom. The second kappa shape index (κ2) is 3.32. The van der Waals surface area contributed by atoms with E-state index < -0.39 is 0 Å². The molecule has 0 aromatic carbocycles. The summed E-state index contributed by atoms with van der Waals surface area (Å²) in [5.41, 5.74) is 0. The van der Waals surface area contributed by atoms with Gasteiger partial charge in [-0.25, -0.2) is 0 Å². The lowest BCUT2D eigenvalue weighted by molar-refractivity contribution is 0.106. The van der Waals surface area contributed by atoms with Crippen LogP contribution in [-0.4, -0.2) is 37.2 Å². The molecule has 3 nitrogen and oxygen atoms in total. The molecule has 0 atom stereocenters. The number of ether oxygens (including phenoxy) is 1. The van der Waals surface area contributed by atoms with Crippen molar-refractivity contribution in [1.82, 2.24) is 9.80 Å². The topological polar surface area (TPSA) is 15.7 Å². The van der Waals surface area contributed by atoms with Crippen LogP contribution in [0.15, 0.2) is 24.7 Å². The number of hydrogen-bond donors (Lipinski definition) is 0. The van der Waals surface area contributed by atoms with Gasteiger partial charge in [0.25, 0.3) is 0 Å². The van der Waals surface area contributed by atoms with Crippen LogP contribution < -0.4 is 0 Å². The lowest BCUT2D eigenvalue weighted by Gasteiger charge is -2.30. The zero-order valence-corrected chi connectivity index (χ0v) is 7.08. The first-order valence-corrected chi connectivity index (χ1v) is 3.59. The Morgan fingerprint density at radius 1 is 1.45 bits per heavy atom. The zero-order chi connectivity index (χ0) is 8.27. The monoisotopic (exact) mass is 154 g/mol. The summed E-state index contributed by atoms with van der Waals surface area (Å²) in [7, 11) is 3.96. The van der Waals surface area contributed by atoms with Crippen molar-refractivity contribution < 1.29 is 4.74 Å². The highest BCUT2D eigenvalue weighted by atomic mass is 16.5. The number of likely N-dealkylation sites (N-methyl/N-ethyl adjacent to an activating group) is 1. The van der Waals surface area contributed by atoms with Crippen LogP contribution in [0.4, 0.5) is 0 Å². The molecule has 0 fully saturated rings. The third kappa shape index (κ3) is 1.90. The third-order valence-corrected chi connectivity index (χ3v) is 1.72. The second-order valence-corrected chi connectivity index (χ2v) is 2.66. The van der Waals surface area contributed by atoms with Crippen molar-refractivity contribution in [2.45, 2.75) is 0 Å². The fourth-order valence-corrected chi connectivity index (χ4v) is 0.895. The first-order valence-electron chi connectivity index (χ1n) is 3.59. The molecular weight excluding hydrogens is 140 g/mol. The molecular formula is C8H14N2O. The van der Waals surface area contributed by atoms with Crippen LogP contribution in [-0.2, 0) is 4.74 Å². The quantitative estimate of drug-likeness (QED) is 0.514. The minimum atomic E-state index is 0.569. The van der Waals surface area contributed by atoms with Gasteiger partial charge in [-0.1, -0.05) is 6.58 Å². The van der Waals surface area contributed by atoms with E-state index in [1.165, 1.54) is 0 Å². The van der Waals surface area contributed by atoms with Gasteiger partial charge < -0.3 is 14.5 Å². The normalized spacial score (nSPS) is 22.2. The molecule has 0 N–H and O–H groups in total. The summed E-state index contributed by atoms with van der Waals surface area (Å²) in [6.07, 6.45) is 3.69. The van der Waals surface area contributed by atoms with Crippen LogP contribution in [0.1, 0.15) is 0 Å². The Bertz CT molecular complexity index is 177. The molecule has 1 aliphatic rings. The Morgan fingerprint density at radius 3 is 2.91 bits per heavy atom. The van der Waals surface area contributed by atoms with Gasteiger partial charge in [-0.15, -0.1) is 0 Å². The predicted octanol–water partition coefficient (Wildman–Crippen LogP) is 0.823. The highest BCUT2D eigenvalue weighted by molar-refractivity contribution is 4.95.